The Morgan fingerprint density at radius 1 is 1.04 bits per heavy atom. The Hall–Kier alpha value is -2.86. The van der Waals surface area contributed by atoms with Crippen molar-refractivity contribution in [2.24, 2.45) is 10.3 Å². The molecule has 0 fully saturated rings. The van der Waals surface area contributed by atoms with Crippen molar-refractivity contribution in [3.05, 3.63) is 70.2 Å². The third kappa shape index (κ3) is 5.07. The molecule has 26 heavy (non-hydrogen) atoms. The molecule has 2 aromatic rings. The highest BCUT2D eigenvalue weighted by atomic mass is 35.5. The Bertz CT molecular complexity index is 817. The summed E-state index contributed by atoms with van der Waals surface area (Å²) in [6.45, 7) is 2.06. The number of benzene rings is 2. The lowest BCUT2D eigenvalue weighted by Gasteiger charge is -2.11. The minimum Gasteiger partial charge on any atom is -0.480 e. The van der Waals surface area contributed by atoms with Gasteiger partial charge < -0.3 is 14.4 Å². The lowest BCUT2D eigenvalue weighted by molar-refractivity contribution is 0.130. The molecule has 2 rings (SSSR count). The molecule has 0 saturated heterocycles. The van der Waals surface area contributed by atoms with Crippen molar-refractivity contribution in [1.82, 2.24) is 0 Å². The van der Waals surface area contributed by atoms with Gasteiger partial charge in [0.25, 0.3) is 0 Å². The molecule has 0 heterocycles. The highest BCUT2D eigenvalue weighted by Gasteiger charge is 2.16. The van der Waals surface area contributed by atoms with Crippen molar-refractivity contribution in [3.8, 4) is 0 Å². The van der Waals surface area contributed by atoms with Crippen LogP contribution >= 0.6 is 11.6 Å². The van der Waals surface area contributed by atoms with Gasteiger partial charge in [-0.05, 0) is 24.6 Å². The van der Waals surface area contributed by atoms with Crippen LogP contribution in [0, 0.1) is 5.41 Å². The maximum Gasteiger partial charge on any atom is 0.236 e. The Balaban J connectivity index is 2.17. The Morgan fingerprint density at radius 3 is 2.38 bits per heavy atom. The van der Waals surface area contributed by atoms with Crippen LogP contribution < -0.4 is 0 Å². The second-order valence-electron chi connectivity index (χ2n) is 5.27. The number of halogens is 1. The molecule has 0 radical (unpaired) electrons. The van der Waals surface area contributed by atoms with Gasteiger partial charge >= 0.3 is 0 Å². The molecule has 0 aromatic heterocycles. The first-order chi connectivity index (χ1) is 12.6. The minimum atomic E-state index is -0.0971. The predicted molar refractivity (Wildman–Crippen MR) is 103 cm³/mol. The zero-order valence-electron chi connectivity index (χ0n) is 14.8. The van der Waals surface area contributed by atoms with Gasteiger partial charge in [0, 0.05) is 16.1 Å². The van der Waals surface area contributed by atoms with E-state index in [2.05, 4.69) is 10.3 Å². The average molecular weight is 374 g/mol. The van der Waals surface area contributed by atoms with Gasteiger partial charge in [-0.2, -0.15) is 0 Å². The normalized spacial score (nSPS) is 11.8. The first-order valence-electron chi connectivity index (χ1n) is 7.81. The number of methoxy groups -OCH3 is 1. The van der Waals surface area contributed by atoms with Crippen molar-refractivity contribution in [2.45, 2.75) is 13.5 Å². The predicted octanol–water partition coefficient (Wildman–Crippen LogP) is 4.25. The van der Waals surface area contributed by atoms with Crippen LogP contribution in [0.4, 0.5) is 0 Å². The topological polar surface area (TPSA) is 76.3 Å². The van der Waals surface area contributed by atoms with E-state index >= 15 is 0 Å². The highest BCUT2D eigenvalue weighted by Crippen LogP contribution is 2.14. The van der Waals surface area contributed by atoms with Crippen molar-refractivity contribution in [1.29, 1.82) is 5.41 Å². The molecule has 0 bridgehead atoms. The molecular weight excluding hydrogens is 354 g/mol. The number of rotatable bonds is 7. The van der Waals surface area contributed by atoms with Gasteiger partial charge in [0.15, 0.2) is 5.71 Å². The molecule has 0 aliphatic rings. The number of oxime groups is 2. The number of ether oxygens (including phenoxy) is 1. The fraction of sp³-hybridized carbons (Fsp3) is 0.211. The summed E-state index contributed by atoms with van der Waals surface area (Å²) >= 11 is 5.89. The molecule has 0 aliphatic carbocycles. The van der Waals surface area contributed by atoms with Crippen molar-refractivity contribution in [2.75, 3.05) is 14.2 Å². The van der Waals surface area contributed by atoms with Gasteiger partial charge in [-0.3, -0.25) is 5.41 Å². The molecule has 136 valence electrons. The molecule has 1 N–H and O–H groups in total. The van der Waals surface area contributed by atoms with Gasteiger partial charge in [0.1, 0.15) is 13.7 Å². The number of hydrogen-bond acceptors (Lipinski definition) is 6. The zero-order chi connectivity index (χ0) is 18.9. The zero-order valence-corrected chi connectivity index (χ0v) is 15.6. The molecule has 2 aromatic carbocycles. The molecule has 0 spiro atoms. The number of nitrogens with zero attached hydrogens (tertiary/aromatic N) is 2. The summed E-state index contributed by atoms with van der Waals surface area (Å²) in [5.41, 5.74) is 3.42. The van der Waals surface area contributed by atoms with Crippen LogP contribution in [0.1, 0.15) is 23.6 Å². The molecule has 0 saturated carbocycles. The lowest BCUT2D eigenvalue weighted by atomic mass is 10.0. The fourth-order valence-corrected chi connectivity index (χ4v) is 2.35. The summed E-state index contributed by atoms with van der Waals surface area (Å²) in [6.07, 6.45) is 0. The molecule has 6 nitrogen and oxygen atoms in total. The maximum absolute atomic E-state index is 7.89. The summed E-state index contributed by atoms with van der Waals surface area (Å²) in [7, 11) is 2.83. The van der Waals surface area contributed by atoms with Crippen LogP contribution in [0.15, 0.2) is 58.8 Å². The molecule has 0 aliphatic heterocycles. The monoisotopic (exact) mass is 373 g/mol. The Morgan fingerprint density at radius 2 is 1.73 bits per heavy atom. The SMILES string of the molecule is CO/N=C(/C(=N)OC)c1ccccc1CO/N=C(\C)c1ccc(Cl)cc1. The third-order valence-corrected chi connectivity index (χ3v) is 3.81. The molecule has 7 heteroatoms. The second-order valence-corrected chi connectivity index (χ2v) is 5.71. The van der Waals surface area contributed by atoms with Gasteiger partial charge in [0.05, 0.1) is 12.8 Å². The van der Waals surface area contributed by atoms with E-state index in [0.717, 1.165) is 16.8 Å². The molecule has 0 amide bonds. The lowest BCUT2D eigenvalue weighted by Crippen LogP contribution is -2.18. The molecule has 0 unspecified atom stereocenters. The van der Waals surface area contributed by atoms with Crippen molar-refractivity contribution >= 4 is 28.9 Å². The fourth-order valence-electron chi connectivity index (χ4n) is 2.22. The average Bonchev–Trinajstić information content (AvgIpc) is 2.66. The van der Waals surface area contributed by atoms with E-state index in [0.29, 0.717) is 10.6 Å². The molecule has 0 atom stereocenters. The van der Waals surface area contributed by atoms with Gasteiger partial charge in [-0.1, -0.05) is 58.3 Å². The van der Waals surface area contributed by atoms with Gasteiger partial charge in [-0.25, -0.2) is 0 Å². The van der Waals surface area contributed by atoms with E-state index < -0.39 is 0 Å². The Kier molecular flexibility index (Phi) is 7.17. The van der Waals surface area contributed by atoms with Crippen molar-refractivity contribution in [3.63, 3.8) is 0 Å². The quantitative estimate of drug-likeness (QED) is 0.447. The third-order valence-electron chi connectivity index (χ3n) is 3.56. The summed E-state index contributed by atoms with van der Waals surface area (Å²) in [5.74, 6) is -0.0971. The molecular formula is C19H20ClN3O3. The van der Waals surface area contributed by atoms with E-state index in [1.165, 1.54) is 14.2 Å². The van der Waals surface area contributed by atoms with Crippen molar-refractivity contribution < 1.29 is 14.4 Å². The summed E-state index contributed by atoms with van der Waals surface area (Å²) in [4.78, 5) is 10.3. The first kappa shape index (κ1) is 19.5. The van der Waals surface area contributed by atoms with Crippen LogP contribution in [0.5, 0.6) is 0 Å². The maximum atomic E-state index is 7.89. The standard InChI is InChI=1S/C19H20ClN3O3/c1-13(14-8-10-16(20)11-9-14)22-26-12-15-6-4-5-7-17(15)18(23-25-3)19(21)24-2/h4-11,21H,12H2,1-3H3/b21-19?,22-13+,23-18+. The van der Waals surface area contributed by atoms with Gasteiger partial charge in [-0.15, -0.1) is 0 Å². The van der Waals surface area contributed by atoms with E-state index in [-0.39, 0.29) is 18.2 Å². The van der Waals surface area contributed by atoms with Crippen LogP contribution in [0.25, 0.3) is 0 Å². The smallest absolute Gasteiger partial charge is 0.236 e. The minimum absolute atomic E-state index is 0.0971. The number of nitrogens with one attached hydrogen (secondary N) is 1. The van der Waals surface area contributed by atoms with Crippen LogP contribution in [-0.4, -0.2) is 31.5 Å². The number of hydrogen-bond donors (Lipinski definition) is 1. The summed E-state index contributed by atoms with van der Waals surface area (Å²) < 4.78 is 4.98. The van der Waals surface area contributed by atoms with Gasteiger partial charge in [0.2, 0.25) is 5.90 Å². The van der Waals surface area contributed by atoms with E-state index in [9.17, 15) is 0 Å². The largest absolute Gasteiger partial charge is 0.480 e. The van der Waals surface area contributed by atoms with E-state index in [4.69, 9.17) is 31.4 Å². The van der Waals surface area contributed by atoms with Crippen LogP contribution in [-0.2, 0) is 21.0 Å². The van der Waals surface area contributed by atoms with E-state index in [1.807, 2.05) is 43.3 Å². The first-order valence-corrected chi connectivity index (χ1v) is 8.19. The second kappa shape index (κ2) is 9.58. The summed E-state index contributed by atoms with van der Waals surface area (Å²) in [6, 6.07) is 14.8. The highest BCUT2D eigenvalue weighted by molar-refractivity contribution is 6.44. The van der Waals surface area contributed by atoms with Crippen LogP contribution in [0.3, 0.4) is 0 Å². The van der Waals surface area contributed by atoms with Crippen LogP contribution in [0.2, 0.25) is 5.02 Å². The Labute approximate surface area is 157 Å². The van der Waals surface area contributed by atoms with E-state index in [1.54, 1.807) is 12.1 Å². The summed E-state index contributed by atoms with van der Waals surface area (Å²) in [5, 5.41) is 16.6.